The van der Waals surface area contributed by atoms with Crippen LogP contribution < -0.4 is 16.8 Å². The highest BCUT2D eigenvalue weighted by Gasteiger charge is 2.22. The van der Waals surface area contributed by atoms with Gasteiger partial charge in [-0.1, -0.05) is 50.0 Å². The van der Waals surface area contributed by atoms with Crippen LogP contribution in [0.2, 0.25) is 10.0 Å². The number of anilines is 1. The lowest BCUT2D eigenvalue weighted by atomic mass is 9.93. The molecule has 1 aromatic heterocycles. The van der Waals surface area contributed by atoms with Crippen molar-refractivity contribution < 1.29 is 0 Å². The predicted molar refractivity (Wildman–Crippen MR) is 92.8 cm³/mol. The van der Waals surface area contributed by atoms with Gasteiger partial charge in [-0.15, -0.1) is 10.2 Å². The Labute approximate surface area is 143 Å². The molecular formula is C14H16Cl2N6O. The minimum absolute atomic E-state index is 0.00225. The van der Waals surface area contributed by atoms with Crippen molar-refractivity contribution in [1.82, 2.24) is 14.9 Å². The maximum atomic E-state index is 12.2. The molecule has 1 aromatic carbocycles. The van der Waals surface area contributed by atoms with Gasteiger partial charge in [0.05, 0.1) is 16.3 Å². The highest BCUT2D eigenvalue weighted by molar-refractivity contribution is 6.38. The number of hydrazone groups is 1. The van der Waals surface area contributed by atoms with Gasteiger partial charge in [0.1, 0.15) is 5.69 Å². The van der Waals surface area contributed by atoms with E-state index in [1.807, 2.05) is 20.8 Å². The summed E-state index contributed by atoms with van der Waals surface area (Å²) in [6, 6.07) is 5.10. The maximum absolute atomic E-state index is 12.2. The smallest absolute Gasteiger partial charge is 0.295 e. The van der Waals surface area contributed by atoms with Gasteiger partial charge in [0.15, 0.2) is 0 Å². The molecule has 2 rings (SSSR count). The average molecular weight is 355 g/mol. The lowest BCUT2D eigenvalue weighted by Crippen LogP contribution is -2.38. The summed E-state index contributed by atoms with van der Waals surface area (Å²) in [7, 11) is 0. The van der Waals surface area contributed by atoms with Crippen LogP contribution in [0.3, 0.4) is 0 Å². The SMILES string of the molecule is CC(C)(C)c1nnc(NN=Cc2c(Cl)cccc2Cl)n(N)c1=O. The second kappa shape index (κ2) is 6.55. The number of nitrogens with one attached hydrogen (secondary N) is 1. The first-order chi connectivity index (χ1) is 10.7. The van der Waals surface area contributed by atoms with Gasteiger partial charge in [-0.25, -0.2) is 5.43 Å². The molecule has 0 radical (unpaired) electrons. The summed E-state index contributed by atoms with van der Waals surface area (Å²) >= 11 is 12.1. The molecular weight excluding hydrogens is 339 g/mol. The molecule has 0 atom stereocenters. The summed E-state index contributed by atoms with van der Waals surface area (Å²) in [5, 5.41) is 12.6. The van der Waals surface area contributed by atoms with E-state index < -0.39 is 11.0 Å². The summed E-state index contributed by atoms with van der Waals surface area (Å²) in [4.78, 5) is 12.2. The fraction of sp³-hybridized carbons (Fsp3) is 0.286. The number of hydrogen-bond donors (Lipinski definition) is 2. The van der Waals surface area contributed by atoms with Crippen LogP contribution in [0.4, 0.5) is 5.95 Å². The summed E-state index contributed by atoms with van der Waals surface area (Å²) in [5.41, 5.74) is 2.45. The number of rotatable bonds is 3. The molecule has 1 heterocycles. The summed E-state index contributed by atoms with van der Waals surface area (Å²) in [6.45, 7) is 5.55. The zero-order valence-corrected chi connectivity index (χ0v) is 14.4. The van der Waals surface area contributed by atoms with E-state index >= 15 is 0 Å². The Kier molecular flexibility index (Phi) is 4.91. The van der Waals surface area contributed by atoms with Crippen molar-refractivity contribution in [2.45, 2.75) is 26.2 Å². The third kappa shape index (κ3) is 3.80. The first kappa shape index (κ1) is 17.2. The van der Waals surface area contributed by atoms with Crippen LogP contribution in [0.25, 0.3) is 0 Å². The Morgan fingerprint density at radius 3 is 2.43 bits per heavy atom. The first-order valence-corrected chi connectivity index (χ1v) is 7.46. The van der Waals surface area contributed by atoms with Crippen LogP contribution in [0.15, 0.2) is 28.1 Å². The molecule has 9 heteroatoms. The van der Waals surface area contributed by atoms with E-state index in [1.54, 1.807) is 18.2 Å². The molecule has 3 N–H and O–H groups in total. The van der Waals surface area contributed by atoms with Crippen LogP contribution in [0.1, 0.15) is 32.0 Å². The predicted octanol–water partition coefficient (Wildman–Crippen LogP) is 2.40. The van der Waals surface area contributed by atoms with Crippen LogP contribution in [-0.2, 0) is 5.41 Å². The zero-order chi connectivity index (χ0) is 17.2. The number of nitrogens with zero attached hydrogens (tertiary/aromatic N) is 4. The van der Waals surface area contributed by atoms with Gasteiger partial charge in [-0.05, 0) is 12.1 Å². The Morgan fingerprint density at radius 1 is 1.26 bits per heavy atom. The van der Waals surface area contributed by atoms with Crippen molar-refractivity contribution in [3.8, 4) is 0 Å². The van der Waals surface area contributed by atoms with E-state index in [2.05, 4.69) is 20.7 Å². The van der Waals surface area contributed by atoms with E-state index in [0.29, 0.717) is 15.6 Å². The van der Waals surface area contributed by atoms with Gasteiger partial charge in [0.2, 0.25) is 0 Å². The third-order valence-electron chi connectivity index (χ3n) is 2.96. The van der Waals surface area contributed by atoms with Gasteiger partial charge in [-0.2, -0.15) is 9.78 Å². The van der Waals surface area contributed by atoms with Crippen molar-refractivity contribution in [3.63, 3.8) is 0 Å². The van der Waals surface area contributed by atoms with E-state index in [-0.39, 0.29) is 11.6 Å². The van der Waals surface area contributed by atoms with Gasteiger partial charge in [0.25, 0.3) is 11.5 Å². The molecule has 122 valence electrons. The van der Waals surface area contributed by atoms with E-state index in [4.69, 9.17) is 29.0 Å². The molecule has 0 fully saturated rings. The average Bonchev–Trinajstić information content (AvgIpc) is 2.45. The highest BCUT2D eigenvalue weighted by Crippen LogP contribution is 2.22. The minimum atomic E-state index is -0.460. The van der Waals surface area contributed by atoms with Gasteiger partial charge in [-0.3, -0.25) is 4.79 Å². The highest BCUT2D eigenvalue weighted by atomic mass is 35.5. The largest absolute Gasteiger partial charge is 0.333 e. The quantitative estimate of drug-likeness (QED) is 0.501. The molecule has 0 aliphatic carbocycles. The van der Waals surface area contributed by atoms with Crippen LogP contribution in [0.5, 0.6) is 0 Å². The molecule has 0 saturated carbocycles. The minimum Gasteiger partial charge on any atom is -0.333 e. The molecule has 7 nitrogen and oxygen atoms in total. The number of aromatic nitrogens is 3. The Hall–Kier alpha value is -2.12. The molecule has 2 aromatic rings. The number of nitrogens with two attached hydrogens (primary N) is 1. The van der Waals surface area contributed by atoms with Crippen LogP contribution >= 0.6 is 23.2 Å². The Morgan fingerprint density at radius 2 is 1.87 bits per heavy atom. The molecule has 0 aliphatic heterocycles. The lowest BCUT2D eigenvalue weighted by molar-refractivity contribution is 0.538. The first-order valence-electron chi connectivity index (χ1n) is 6.70. The molecule has 0 aliphatic rings. The fourth-order valence-electron chi connectivity index (χ4n) is 1.73. The lowest BCUT2D eigenvalue weighted by Gasteiger charge is -2.16. The van der Waals surface area contributed by atoms with Gasteiger partial charge >= 0.3 is 0 Å². The van der Waals surface area contributed by atoms with Crippen LogP contribution in [-0.4, -0.2) is 21.1 Å². The van der Waals surface area contributed by atoms with Crippen molar-refractivity contribution in [1.29, 1.82) is 0 Å². The normalized spacial score (nSPS) is 11.9. The number of nitrogen functional groups attached to an aromatic ring is 1. The van der Waals surface area contributed by atoms with Crippen molar-refractivity contribution in [3.05, 3.63) is 49.9 Å². The molecule has 0 amide bonds. The maximum Gasteiger partial charge on any atom is 0.295 e. The Balaban J connectivity index is 2.27. The Bertz CT molecular complexity index is 790. The zero-order valence-electron chi connectivity index (χ0n) is 12.8. The van der Waals surface area contributed by atoms with Crippen LogP contribution in [0, 0.1) is 0 Å². The van der Waals surface area contributed by atoms with E-state index in [9.17, 15) is 4.79 Å². The topological polar surface area (TPSA) is 98.2 Å². The van der Waals surface area contributed by atoms with Crippen molar-refractivity contribution in [2.24, 2.45) is 5.10 Å². The second-order valence-electron chi connectivity index (χ2n) is 5.80. The van der Waals surface area contributed by atoms with Crippen molar-refractivity contribution >= 4 is 35.4 Å². The molecule has 0 saturated heterocycles. The summed E-state index contributed by atoms with van der Waals surface area (Å²) in [6.07, 6.45) is 1.41. The van der Waals surface area contributed by atoms with E-state index in [1.165, 1.54) is 6.21 Å². The monoisotopic (exact) mass is 354 g/mol. The second-order valence-corrected chi connectivity index (χ2v) is 6.62. The van der Waals surface area contributed by atoms with Gasteiger partial charge < -0.3 is 5.84 Å². The van der Waals surface area contributed by atoms with Gasteiger partial charge in [0, 0.05) is 11.0 Å². The standard InChI is InChI=1S/C14H16Cl2N6O/c1-14(2,3)11-12(23)22(17)13(21-19-11)20-18-7-8-9(15)5-4-6-10(8)16/h4-7H,17H2,1-3H3,(H,20,21). The van der Waals surface area contributed by atoms with E-state index in [0.717, 1.165) is 4.68 Å². The molecule has 23 heavy (non-hydrogen) atoms. The molecule has 0 spiro atoms. The third-order valence-corrected chi connectivity index (χ3v) is 3.62. The summed E-state index contributed by atoms with van der Waals surface area (Å²) < 4.78 is 0.860. The number of hydrogen-bond acceptors (Lipinski definition) is 6. The molecule has 0 bridgehead atoms. The molecule has 0 unspecified atom stereocenters. The number of halogens is 2. The fourth-order valence-corrected chi connectivity index (χ4v) is 2.23. The number of benzene rings is 1. The van der Waals surface area contributed by atoms with Crippen molar-refractivity contribution in [2.75, 3.05) is 11.3 Å². The summed E-state index contributed by atoms with van der Waals surface area (Å²) in [5.74, 6) is 5.73.